The highest BCUT2D eigenvalue weighted by molar-refractivity contribution is 7.00. The van der Waals surface area contributed by atoms with E-state index in [0.717, 1.165) is 34.2 Å². The topological polar surface area (TPSA) is 15.7 Å². The van der Waals surface area contributed by atoms with Crippen molar-refractivity contribution in [2.45, 2.75) is 19.3 Å². The van der Waals surface area contributed by atoms with Gasteiger partial charge in [0.2, 0.25) is 0 Å². The van der Waals surface area contributed by atoms with E-state index in [9.17, 15) is 0 Å². The Kier molecular flexibility index (Phi) is 7.16. The average Bonchev–Trinajstić information content (AvgIpc) is 3.53. The van der Waals surface area contributed by atoms with Gasteiger partial charge < -0.3 is 14.5 Å². The minimum Gasteiger partial charge on any atom is -0.458 e. The maximum atomic E-state index is 7.17. The van der Waals surface area contributed by atoms with E-state index < -0.39 is 0 Å². The zero-order chi connectivity index (χ0) is 40.4. The molecule has 2 aliphatic heterocycles. The Balaban J connectivity index is 1.05. The van der Waals surface area contributed by atoms with E-state index in [1.807, 2.05) is 0 Å². The molecule has 0 saturated carbocycles. The molecule has 10 aromatic carbocycles. The monoisotopic (exact) mass is 778 g/mol. The molecule has 0 atom stereocenters. The third kappa shape index (κ3) is 4.88. The maximum Gasteiger partial charge on any atom is 0.257 e. The van der Waals surface area contributed by atoms with Gasteiger partial charge in [-0.15, -0.1) is 0 Å². The molecule has 4 heteroatoms. The number of rotatable bonds is 4. The highest BCUT2D eigenvalue weighted by atomic mass is 16.5. The molecule has 13 rings (SSSR count). The van der Waals surface area contributed by atoms with Crippen molar-refractivity contribution in [1.82, 2.24) is 0 Å². The first kappa shape index (κ1) is 34.3. The van der Waals surface area contributed by atoms with Crippen LogP contribution < -0.4 is 30.9 Å². The van der Waals surface area contributed by atoms with Gasteiger partial charge in [0.05, 0.1) is 5.69 Å². The predicted molar refractivity (Wildman–Crippen MR) is 257 cm³/mol. The van der Waals surface area contributed by atoms with Gasteiger partial charge in [0.15, 0.2) is 0 Å². The average molecular weight is 779 g/mol. The van der Waals surface area contributed by atoms with Crippen LogP contribution in [0.3, 0.4) is 0 Å². The van der Waals surface area contributed by atoms with E-state index in [2.05, 4.69) is 224 Å². The summed E-state index contributed by atoms with van der Waals surface area (Å²) in [7, 11) is 0. The second-order valence-electron chi connectivity index (χ2n) is 17.2. The van der Waals surface area contributed by atoms with Crippen LogP contribution in [0.4, 0.5) is 34.1 Å². The largest absolute Gasteiger partial charge is 0.458 e. The summed E-state index contributed by atoms with van der Waals surface area (Å²) in [6.45, 7) is 4.79. The van der Waals surface area contributed by atoms with Crippen LogP contribution in [-0.4, -0.2) is 6.71 Å². The van der Waals surface area contributed by atoms with Crippen molar-refractivity contribution >= 4 is 89.5 Å². The van der Waals surface area contributed by atoms with Crippen LogP contribution in [0.15, 0.2) is 200 Å². The normalized spacial score (nSPS) is 13.9. The molecule has 1 aliphatic carbocycles. The number of ether oxygens (including phenoxy) is 1. The van der Waals surface area contributed by atoms with Crippen molar-refractivity contribution in [1.29, 1.82) is 0 Å². The summed E-state index contributed by atoms with van der Waals surface area (Å²) in [4.78, 5) is 4.88. The van der Waals surface area contributed by atoms with Crippen molar-refractivity contribution < 1.29 is 4.74 Å². The molecule has 3 aliphatic rings. The van der Waals surface area contributed by atoms with Crippen LogP contribution in [0.5, 0.6) is 11.5 Å². The lowest BCUT2D eigenvalue weighted by atomic mass is 9.33. The van der Waals surface area contributed by atoms with E-state index in [-0.39, 0.29) is 12.1 Å². The number of para-hydroxylation sites is 2. The molecule has 0 amide bonds. The molecule has 0 fully saturated rings. The van der Waals surface area contributed by atoms with Gasteiger partial charge >= 0.3 is 0 Å². The summed E-state index contributed by atoms with van der Waals surface area (Å²) in [5, 5.41) is 7.43. The van der Waals surface area contributed by atoms with Crippen LogP contribution in [0.25, 0.3) is 43.4 Å². The van der Waals surface area contributed by atoms with Crippen LogP contribution in [0.1, 0.15) is 25.0 Å². The smallest absolute Gasteiger partial charge is 0.257 e. The van der Waals surface area contributed by atoms with Crippen molar-refractivity contribution in [2.24, 2.45) is 0 Å². The minimum atomic E-state index is -0.301. The number of benzene rings is 10. The van der Waals surface area contributed by atoms with E-state index in [0.29, 0.717) is 0 Å². The molecule has 286 valence electrons. The number of hydrogen-bond donors (Lipinski definition) is 0. The standard InChI is InChI=1S/C57H39BN2O/c1-57(2)46-34-48-53(33-45(46)54-44-25-14-13-24-43(44)51(35-47(54)57)59(39-19-5-3-6-20-39)40-21-7-4-8-22-40)61-52-27-15-26-49-56(52)58(48)55-42-23-12-11-17-37(42)29-31-50(55)60(49)41-30-28-36-16-9-10-18-38(36)32-41/h3-35H,1-2H3. The molecule has 0 unspecified atom stereocenters. The molecule has 2 heterocycles. The Bertz CT molecular complexity index is 3410. The second kappa shape index (κ2) is 12.7. The highest BCUT2D eigenvalue weighted by Crippen LogP contribution is 2.56. The Labute approximate surface area is 355 Å². The minimum absolute atomic E-state index is 0.0310. The van der Waals surface area contributed by atoms with Gasteiger partial charge in [0.25, 0.3) is 6.71 Å². The first-order valence-electron chi connectivity index (χ1n) is 21.3. The molecule has 0 N–H and O–H groups in total. The molecule has 0 saturated heterocycles. The lowest BCUT2D eigenvalue weighted by Gasteiger charge is -2.41. The van der Waals surface area contributed by atoms with Gasteiger partial charge in [-0.2, -0.15) is 0 Å². The van der Waals surface area contributed by atoms with Crippen LogP contribution in [0.2, 0.25) is 0 Å². The van der Waals surface area contributed by atoms with Crippen molar-refractivity contribution in [3.63, 3.8) is 0 Å². The lowest BCUT2D eigenvalue weighted by molar-refractivity contribution is 0.487. The van der Waals surface area contributed by atoms with Gasteiger partial charge in [-0.25, -0.2) is 0 Å². The fourth-order valence-corrected chi connectivity index (χ4v) is 10.9. The first-order chi connectivity index (χ1) is 30.0. The van der Waals surface area contributed by atoms with E-state index >= 15 is 0 Å². The number of hydrogen-bond acceptors (Lipinski definition) is 3. The van der Waals surface area contributed by atoms with Crippen LogP contribution in [-0.2, 0) is 5.41 Å². The van der Waals surface area contributed by atoms with Crippen molar-refractivity contribution in [2.75, 3.05) is 9.80 Å². The molecule has 3 nitrogen and oxygen atoms in total. The summed E-state index contributed by atoms with van der Waals surface area (Å²) in [5.74, 6) is 1.84. The maximum absolute atomic E-state index is 7.17. The molecule has 10 aromatic rings. The van der Waals surface area contributed by atoms with Gasteiger partial charge in [-0.05, 0) is 132 Å². The Hall–Kier alpha value is -7.56. The van der Waals surface area contributed by atoms with Crippen molar-refractivity contribution in [3.8, 4) is 22.6 Å². The molecule has 0 bridgehead atoms. The quantitative estimate of drug-likeness (QED) is 0.166. The zero-order valence-corrected chi connectivity index (χ0v) is 33.9. The summed E-state index contributed by atoms with van der Waals surface area (Å²) in [6, 6.07) is 73.4. The third-order valence-corrected chi connectivity index (χ3v) is 13.6. The van der Waals surface area contributed by atoms with Gasteiger partial charge in [-0.3, -0.25) is 0 Å². The molecule has 0 radical (unpaired) electrons. The molecular formula is C57H39BN2O. The van der Waals surface area contributed by atoms with Crippen LogP contribution >= 0.6 is 0 Å². The summed E-state index contributed by atoms with van der Waals surface area (Å²) in [5.41, 5.74) is 15.6. The summed E-state index contributed by atoms with van der Waals surface area (Å²) in [6.07, 6.45) is 0. The molecule has 0 aromatic heterocycles. The van der Waals surface area contributed by atoms with E-state index in [1.165, 1.54) is 82.3 Å². The number of nitrogens with zero attached hydrogens (tertiary/aromatic N) is 2. The van der Waals surface area contributed by atoms with Crippen molar-refractivity contribution in [3.05, 3.63) is 211 Å². The fraction of sp³-hybridized carbons (Fsp3) is 0.0526. The summed E-state index contributed by atoms with van der Waals surface area (Å²) >= 11 is 0. The van der Waals surface area contributed by atoms with E-state index in [4.69, 9.17) is 4.74 Å². The third-order valence-electron chi connectivity index (χ3n) is 13.6. The van der Waals surface area contributed by atoms with Gasteiger partial charge in [0.1, 0.15) is 11.5 Å². The van der Waals surface area contributed by atoms with Gasteiger partial charge in [-0.1, -0.05) is 147 Å². The zero-order valence-electron chi connectivity index (χ0n) is 33.9. The molecular weight excluding hydrogens is 739 g/mol. The first-order valence-corrected chi connectivity index (χ1v) is 21.3. The molecule has 0 spiro atoms. The second-order valence-corrected chi connectivity index (χ2v) is 17.2. The summed E-state index contributed by atoms with van der Waals surface area (Å²) < 4.78 is 7.17. The van der Waals surface area contributed by atoms with E-state index in [1.54, 1.807) is 0 Å². The lowest BCUT2D eigenvalue weighted by Crippen LogP contribution is -2.59. The number of fused-ring (bicyclic) bond motifs is 12. The Morgan fingerprint density at radius 2 is 1.11 bits per heavy atom. The predicted octanol–water partition coefficient (Wildman–Crippen LogP) is 13.3. The SMILES string of the molecule is CC1(C)c2cc3c(cc2-c2c1cc(N(c1ccccc1)c1ccccc1)c1ccccc21)Oc1cccc2c1B3c1c(ccc3ccccc13)N2c1ccc2ccccc2c1. The fourth-order valence-electron chi connectivity index (χ4n) is 10.9. The Morgan fingerprint density at radius 1 is 0.475 bits per heavy atom. The highest BCUT2D eigenvalue weighted by Gasteiger charge is 2.46. The number of anilines is 6. The van der Waals surface area contributed by atoms with Gasteiger partial charge in [0, 0.05) is 39.2 Å². The Morgan fingerprint density at radius 3 is 1.89 bits per heavy atom. The van der Waals surface area contributed by atoms with Crippen LogP contribution in [0, 0.1) is 0 Å². The molecule has 61 heavy (non-hydrogen) atoms.